The molecule has 0 spiro atoms. The van der Waals surface area contributed by atoms with Gasteiger partial charge in [-0.25, -0.2) is 9.18 Å². The molecule has 0 saturated heterocycles. The Morgan fingerprint density at radius 3 is 2.47 bits per heavy atom. The molecule has 0 fully saturated rings. The van der Waals surface area contributed by atoms with Crippen LogP contribution in [0.4, 0.5) is 10.1 Å². The largest absolute Gasteiger partial charge is 0.494 e. The van der Waals surface area contributed by atoms with E-state index in [0.717, 1.165) is 17.2 Å². The summed E-state index contributed by atoms with van der Waals surface area (Å²) in [7, 11) is 1.37. The number of esters is 1. The number of carbonyl (C=O) groups is 2. The van der Waals surface area contributed by atoms with Crippen molar-refractivity contribution in [1.82, 2.24) is 0 Å². The number of anilines is 1. The van der Waals surface area contributed by atoms with E-state index in [1.165, 1.54) is 25.3 Å². The minimum atomic E-state index is -0.710. The number of amides is 1. The number of hydrogen-bond donors (Lipinski definition) is 1. The molecular weight excluding hydrogens is 385 g/mol. The highest BCUT2D eigenvalue weighted by Gasteiger charge is 2.10. The Hall–Kier alpha value is -3.93. The van der Waals surface area contributed by atoms with Gasteiger partial charge in [0.05, 0.1) is 7.11 Å². The minimum absolute atomic E-state index is 0.113. The maximum absolute atomic E-state index is 13.7. The van der Waals surface area contributed by atoms with Crippen molar-refractivity contribution in [2.24, 2.45) is 0 Å². The van der Waals surface area contributed by atoms with Crippen molar-refractivity contribution in [2.45, 2.75) is 0 Å². The summed E-state index contributed by atoms with van der Waals surface area (Å²) in [5.41, 5.74) is 2.90. The van der Waals surface area contributed by atoms with Crippen molar-refractivity contribution in [3.63, 3.8) is 0 Å². The third kappa shape index (κ3) is 5.54. The third-order valence-corrected chi connectivity index (χ3v) is 4.22. The van der Waals surface area contributed by atoms with E-state index in [2.05, 4.69) is 5.32 Å². The van der Waals surface area contributed by atoms with Crippen molar-refractivity contribution in [3.8, 4) is 16.9 Å². The van der Waals surface area contributed by atoms with Crippen LogP contribution >= 0.6 is 0 Å². The van der Waals surface area contributed by atoms with E-state index in [0.29, 0.717) is 11.3 Å². The summed E-state index contributed by atoms with van der Waals surface area (Å²) in [6, 6.07) is 21.3. The van der Waals surface area contributed by atoms with Gasteiger partial charge in [0.2, 0.25) is 0 Å². The fourth-order valence-electron chi connectivity index (χ4n) is 2.78. The van der Waals surface area contributed by atoms with Crippen LogP contribution in [0.5, 0.6) is 5.75 Å². The predicted molar refractivity (Wildman–Crippen MR) is 113 cm³/mol. The van der Waals surface area contributed by atoms with Crippen molar-refractivity contribution in [1.29, 1.82) is 0 Å². The molecule has 1 N–H and O–H groups in total. The van der Waals surface area contributed by atoms with Gasteiger partial charge in [0, 0.05) is 17.3 Å². The van der Waals surface area contributed by atoms with Crippen molar-refractivity contribution in [2.75, 3.05) is 19.0 Å². The van der Waals surface area contributed by atoms with Crippen molar-refractivity contribution in [3.05, 3.63) is 90.3 Å². The first-order chi connectivity index (χ1) is 14.6. The average Bonchev–Trinajstić information content (AvgIpc) is 2.77. The molecule has 0 atom stereocenters. The van der Waals surface area contributed by atoms with E-state index >= 15 is 0 Å². The average molecular weight is 405 g/mol. The molecular formula is C24H20FNO4. The highest BCUT2D eigenvalue weighted by Crippen LogP contribution is 2.27. The molecule has 152 valence electrons. The lowest BCUT2D eigenvalue weighted by Crippen LogP contribution is -2.20. The number of rotatable bonds is 7. The number of ether oxygens (including phenoxy) is 2. The zero-order valence-electron chi connectivity index (χ0n) is 16.3. The number of methoxy groups -OCH3 is 1. The lowest BCUT2D eigenvalue weighted by atomic mass is 10.0. The summed E-state index contributed by atoms with van der Waals surface area (Å²) in [5, 5.41) is 2.75. The molecule has 3 aromatic carbocycles. The first-order valence-corrected chi connectivity index (χ1v) is 9.19. The van der Waals surface area contributed by atoms with Crippen LogP contribution in [0.1, 0.15) is 5.56 Å². The second-order valence-corrected chi connectivity index (χ2v) is 6.29. The van der Waals surface area contributed by atoms with Gasteiger partial charge in [-0.05, 0) is 35.4 Å². The summed E-state index contributed by atoms with van der Waals surface area (Å²) in [6.07, 6.45) is 2.53. The Balaban J connectivity index is 1.56. The van der Waals surface area contributed by atoms with Crippen LogP contribution in [0.25, 0.3) is 17.2 Å². The van der Waals surface area contributed by atoms with Gasteiger partial charge in [-0.3, -0.25) is 4.79 Å². The van der Waals surface area contributed by atoms with Gasteiger partial charge in [-0.1, -0.05) is 54.6 Å². The molecule has 0 aromatic heterocycles. The van der Waals surface area contributed by atoms with Gasteiger partial charge in [0.15, 0.2) is 18.2 Å². The molecule has 0 heterocycles. The molecule has 0 bridgehead atoms. The fourth-order valence-corrected chi connectivity index (χ4v) is 2.78. The van der Waals surface area contributed by atoms with Gasteiger partial charge in [-0.15, -0.1) is 0 Å². The summed E-state index contributed by atoms with van der Waals surface area (Å²) >= 11 is 0. The Labute approximate surface area is 173 Å². The SMILES string of the molecule is COc1ccc(/C=C/C(=O)OCC(=O)Nc2ccccc2-c2ccccc2)cc1F. The maximum Gasteiger partial charge on any atom is 0.331 e. The highest BCUT2D eigenvalue weighted by atomic mass is 19.1. The maximum atomic E-state index is 13.7. The molecule has 6 heteroatoms. The van der Waals surface area contributed by atoms with Gasteiger partial charge < -0.3 is 14.8 Å². The topological polar surface area (TPSA) is 64.6 Å². The summed E-state index contributed by atoms with van der Waals surface area (Å²) in [5.74, 6) is -1.60. The number of nitrogens with one attached hydrogen (secondary N) is 1. The van der Waals surface area contributed by atoms with Crippen LogP contribution < -0.4 is 10.1 Å². The van der Waals surface area contributed by atoms with Crippen LogP contribution in [0.3, 0.4) is 0 Å². The molecule has 3 aromatic rings. The van der Waals surface area contributed by atoms with Crippen LogP contribution in [0, 0.1) is 5.82 Å². The van der Waals surface area contributed by atoms with Crippen molar-refractivity contribution < 1.29 is 23.5 Å². The molecule has 0 aliphatic heterocycles. The first-order valence-electron chi connectivity index (χ1n) is 9.19. The number of para-hydroxylation sites is 1. The van der Waals surface area contributed by atoms with Crippen LogP contribution in [0.2, 0.25) is 0 Å². The van der Waals surface area contributed by atoms with Gasteiger partial charge in [0.25, 0.3) is 5.91 Å². The smallest absolute Gasteiger partial charge is 0.331 e. The Bertz CT molecular complexity index is 1060. The molecule has 5 nitrogen and oxygen atoms in total. The monoisotopic (exact) mass is 405 g/mol. The number of benzene rings is 3. The molecule has 3 rings (SSSR count). The molecule has 0 radical (unpaired) electrons. The minimum Gasteiger partial charge on any atom is -0.494 e. The number of carbonyl (C=O) groups excluding carboxylic acids is 2. The zero-order valence-corrected chi connectivity index (χ0v) is 16.3. The Morgan fingerprint density at radius 2 is 1.73 bits per heavy atom. The van der Waals surface area contributed by atoms with E-state index in [1.807, 2.05) is 48.5 Å². The first kappa shape index (κ1) is 20.8. The normalized spacial score (nSPS) is 10.6. The standard InChI is InChI=1S/C24H20FNO4/c1-29-22-13-11-17(15-20(22)25)12-14-24(28)30-16-23(27)26-21-10-6-5-9-19(21)18-7-3-2-4-8-18/h2-15H,16H2,1H3,(H,26,27)/b14-12+. The zero-order chi connectivity index (χ0) is 21.3. The molecule has 0 aliphatic rings. The Kier molecular flexibility index (Phi) is 6.95. The van der Waals surface area contributed by atoms with E-state index in [-0.39, 0.29) is 5.75 Å². The van der Waals surface area contributed by atoms with E-state index in [1.54, 1.807) is 12.1 Å². The fraction of sp³-hybridized carbons (Fsp3) is 0.0833. The van der Waals surface area contributed by atoms with E-state index < -0.39 is 24.3 Å². The molecule has 1 amide bonds. The summed E-state index contributed by atoms with van der Waals surface area (Å²) in [4.78, 5) is 24.1. The van der Waals surface area contributed by atoms with Crippen LogP contribution in [-0.2, 0) is 14.3 Å². The number of halogens is 1. The lowest BCUT2D eigenvalue weighted by molar-refractivity contribution is -0.142. The molecule has 30 heavy (non-hydrogen) atoms. The second-order valence-electron chi connectivity index (χ2n) is 6.29. The summed E-state index contributed by atoms with van der Waals surface area (Å²) in [6.45, 7) is -0.441. The van der Waals surface area contributed by atoms with Gasteiger partial charge >= 0.3 is 5.97 Å². The molecule has 0 aliphatic carbocycles. The van der Waals surface area contributed by atoms with Crippen LogP contribution in [0.15, 0.2) is 78.9 Å². The van der Waals surface area contributed by atoms with Crippen LogP contribution in [-0.4, -0.2) is 25.6 Å². The quantitative estimate of drug-likeness (QED) is 0.457. The van der Waals surface area contributed by atoms with E-state index in [9.17, 15) is 14.0 Å². The van der Waals surface area contributed by atoms with Gasteiger partial charge in [0.1, 0.15) is 0 Å². The van der Waals surface area contributed by atoms with Crippen molar-refractivity contribution >= 4 is 23.6 Å². The molecule has 0 unspecified atom stereocenters. The number of hydrogen-bond acceptors (Lipinski definition) is 4. The van der Waals surface area contributed by atoms with E-state index in [4.69, 9.17) is 9.47 Å². The third-order valence-electron chi connectivity index (χ3n) is 4.22. The Morgan fingerprint density at radius 1 is 1.00 bits per heavy atom. The molecule has 0 saturated carbocycles. The predicted octanol–water partition coefficient (Wildman–Crippen LogP) is 4.70. The lowest BCUT2D eigenvalue weighted by Gasteiger charge is -2.11. The summed E-state index contributed by atoms with van der Waals surface area (Å²) < 4.78 is 23.5. The second kappa shape index (κ2) is 10.0. The highest BCUT2D eigenvalue weighted by molar-refractivity contribution is 5.97. The van der Waals surface area contributed by atoms with Gasteiger partial charge in [-0.2, -0.15) is 0 Å².